The number of hydrogen-bond donors (Lipinski definition) is 6. The Morgan fingerprint density at radius 1 is 0.529 bits per heavy atom. The molecule has 0 heterocycles. The molecular weight excluding hydrogens is 656 g/mol. The van der Waals surface area contributed by atoms with Crippen LogP contribution >= 0.6 is 0 Å². The van der Waals surface area contributed by atoms with Gasteiger partial charge < -0.3 is 36.6 Å². The van der Waals surface area contributed by atoms with E-state index in [0.717, 1.165) is 6.42 Å². The average molecular weight is 729 g/mol. The maximum Gasteiger partial charge on any atom is 0.242 e. The minimum atomic E-state index is -0.554. The van der Waals surface area contributed by atoms with Crippen LogP contribution in [0.1, 0.15) is 128 Å². The number of amides is 6. The highest BCUT2D eigenvalue weighted by Crippen LogP contribution is 2.07. The van der Waals surface area contributed by atoms with Crippen molar-refractivity contribution < 1.29 is 38.3 Å². The van der Waals surface area contributed by atoms with Crippen molar-refractivity contribution in [3.8, 4) is 0 Å². The van der Waals surface area contributed by atoms with Crippen LogP contribution in [0.5, 0.6) is 0 Å². The third-order valence-electron chi connectivity index (χ3n) is 6.98. The normalized spacial score (nSPS) is 12.2. The number of Topliss-reactive ketones (excluding diaryl/α,β-unsaturated/α-hetero) is 1. The quantitative estimate of drug-likeness (QED) is 0.0862. The number of carbonyl (C=O) groups is 7. The van der Waals surface area contributed by atoms with Gasteiger partial charge in [0, 0.05) is 45.9 Å². The molecule has 0 fully saturated rings. The molecule has 14 heteroatoms. The predicted octanol–water partition coefficient (Wildman–Crippen LogP) is 3.17. The van der Waals surface area contributed by atoms with Crippen molar-refractivity contribution in [2.24, 2.45) is 17.8 Å². The Morgan fingerprint density at radius 3 is 1.18 bits per heavy atom. The van der Waals surface area contributed by atoms with Crippen LogP contribution in [-0.2, 0) is 38.3 Å². The van der Waals surface area contributed by atoms with Gasteiger partial charge in [0.25, 0.3) is 0 Å². The molecule has 0 saturated carbocycles. The summed E-state index contributed by atoms with van der Waals surface area (Å²) in [5.74, 6) is 0.205. The lowest BCUT2D eigenvalue weighted by molar-refractivity contribution is -0.130. The van der Waals surface area contributed by atoms with Gasteiger partial charge in [-0.1, -0.05) is 69.2 Å². The number of ketones is 1. The van der Waals surface area contributed by atoms with E-state index in [0.29, 0.717) is 82.4 Å². The van der Waals surface area contributed by atoms with E-state index in [4.69, 9.17) is 4.74 Å². The third-order valence-corrected chi connectivity index (χ3v) is 6.98. The Balaban J connectivity index is -0.000000683. The van der Waals surface area contributed by atoms with Crippen LogP contribution in [0.25, 0.3) is 0 Å². The zero-order valence-corrected chi connectivity index (χ0v) is 33.7. The molecule has 0 unspecified atom stereocenters. The van der Waals surface area contributed by atoms with E-state index in [1.807, 2.05) is 55.4 Å². The predicted molar refractivity (Wildman–Crippen MR) is 202 cm³/mol. The van der Waals surface area contributed by atoms with Crippen molar-refractivity contribution in [2.75, 3.05) is 33.4 Å². The number of carbonyl (C=O) groups excluding carboxylic acids is 7. The Bertz CT molecular complexity index is 1020. The highest BCUT2D eigenvalue weighted by molar-refractivity contribution is 5.91. The van der Waals surface area contributed by atoms with Gasteiger partial charge in [0.15, 0.2) is 5.78 Å². The van der Waals surface area contributed by atoms with Gasteiger partial charge in [0.2, 0.25) is 35.4 Å². The van der Waals surface area contributed by atoms with Gasteiger partial charge in [-0.15, -0.1) is 0 Å². The smallest absolute Gasteiger partial charge is 0.242 e. The summed E-state index contributed by atoms with van der Waals surface area (Å²) < 4.78 is 4.85. The summed E-state index contributed by atoms with van der Waals surface area (Å²) >= 11 is 0. The first-order valence-electron chi connectivity index (χ1n) is 18.6. The second kappa shape index (κ2) is 32.4. The fourth-order valence-corrected chi connectivity index (χ4v) is 4.37. The summed E-state index contributed by atoms with van der Waals surface area (Å²) in [6, 6.07) is -1.39. The minimum Gasteiger partial charge on any atom is -0.383 e. The number of hydrogen-bond acceptors (Lipinski definition) is 8. The van der Waals surface area contributed by atoms with Crippen molar-refractivity contribution in [3.63, 3.8) is 0 Å². The molecule has 0 aliphatic rings. The molecule has 0 aliphatic carbocycles. The number of likely N-dealkylation sites (N-methyl/N-ethyl adjacent to an activating group) is 1. The largest absolute Gasteiger partial charge is 0.383 e. The molecule has 298 valence electrons. The standard InChI is InChI=1S/C14H26N2O3.C12H24N2O3.C11H22N2O2/c1-5-7-11(17)9-15-14(19)12(8-10(3)4)16-13(18)6-2;1-5-11(15)14-10(8-9(2)3)12(16)13-6-7-17-4;1-5-10(14)13-9(7-8(3)4)11(15)12-6-2/h10,12H,5-9H2,1-4H3,(H,15,19)(H,16,18);9-10H,5-8H2,1-4H3,(H,13,16)(H,14,15);8-9H,5-7H2,1-4H3,(H,12,15)(H,13,14)/t12-;10-;9-/m000/s1. The molecule has 0 aromatic carbocycles. The molecule has 6 amide bonds. The number of rotatable bonds is 23. The first-order chi connectivity index (χ1) is 23.9. The molecule has 0 aromatic rings. The highest BCUT2D eigenvalue weighted by Gasteiger charge is 2.23. The highest BCUT2D eigenvalue weighted by atomic mass is 16.5. The molecule has 51 heavy (non-hydrogen) atoms. The van der Waals surface area contributed by atoms with E-state index in [9.17, 15) is 33.6 Å². The zero-order chi connectivity index (χ0) is 39.9. The van der Waals surface area contributed by atoms with Gasteiger partial charge in [0.1, 0.15) is 18.1 Å². The molecule has 3 atom stereocenters. The number of ether oxygens (including phenoxy) is 1. The van der Waals surface area contributed by atoms with E-state index < -0.39 is 18.1 Å². The molecular formula is C37H72N6O8. The van der Waals surface area contributed by atoms with Crippen LogP contribution in [0.2, 0.25) is 0 Å². The Labute approximate surface area is 307 Å². The first-order valence-corrected chi connectivity index (χ1v) is 18.6. The second-order valence-corrected chi connectivity index (χ2v) is 13.5. The topological polar surface area (TPSA) is 201 Å². The minimum absolute atomic E-state index is 0.0148. The van der Waals surface area contributed by atoms with Gasteiger partial charge >= 0.3 is 0 Å². The zero-order valence-electron chi connectivity index (χ0n) is 33.7. The van der Waals surface area contributed by atoms with Crippen LogP contribution in [0, 0.1) is 17.8 Å². The Hall–Kier alpha value is -3.55. The first kappa shape index (κ1) is 51.8. The van der Waals surface area contributed by atoms with Crippen LogP contribution in [-0.4, -0.2) is 92.7 Å². The van der Waals surface area contributed by atoms with Crippen molar-refractivity contribution in [1.29, 1.82) is 0 Å². The van der Waals surface area contributed by atoms with Crippen molar-refractivity contribution in [3.05, 3.63) is 0 Å². The summed E-state index contributed by atoms with van der Waals surface area (Å²) in [4.78, 5) is 80.7. The molecule has 6 N–H and O–H groups in total. The molecule has 0 saturated heterocycles. The molecule has 0 bridgehead atoms. The van der Waals surface area contributed by atoms with Crippen LogP contribution in [0.15, 0.2) is 0 Å². The Kier molecular flexibility index (Phi) is 32.9. The maximum atomic E-state index is 12.0. The maximum absolute atomic E-state index is 12.0. The lowest BCUT2D eigenvalue weighted by Gasteiger charge is -2.19. The average Bonchev–Trinajstić information content (AvgIpc) is 3.06. The van der Waals surface area contributed by atoms with Crippen molar-refractivity contribution in [2.45, 2.75) is 146 Å². The van der Waals surface area contributed by atoms with E-state index in [-0.39, 0.29) is 47.8 Å². The molecule has 0 radical (unpaired) electrons. The van der Waals surface area contributed by atoms with Crippen LogP contribution < -0.4 is 31.9 Å². The van der Waals surface area contributed by atoms with Crippen LogP contribution in [0.4, 0.5) is 0 Å². The van der Waals surface area contributed by atoms with E-state index in [1.165, 1.54) is 0 Å². The number of methoxy groups -OCH3 is 1. The summed E-state index contributed by atoms with van der Waals surface area (Å²) in [5, 5.41) is 16.2. The third kappa shape index (κ3) is 31.0. The van der Waals surface area contributed by atoms with E-state index in [2.05, 4.69) is 31.9 Å². The van der Waals surface area contributed by atoms with Crippen molar-refractivity contribution in [1.82, 2.24) is 31.9 Å². The summed E-state index contributed by atoms with van der Waals surface area (Å²) in [6.07, 6.45) is 4.28. The molecule has 14 nitrogen and oxygen atoms in total. The van der Waals surface area contributed by atoms with E-state index in [1.54, 1.807) is 27.9 Å². The second-order valence-electron chi connectivity index (χ2n) is 13.5. The lowest BCUT2D eigenvalue weighted by Crippen LogP contribution is -2.48. The van der Waals surface area contributed by atoms with Gasteiger partial charge in [-0.05, 0) is 50.4 Å². The molecule has 0 rings (SSSR count). The van der Waals surface area contributed by atoms with Gasteiger partial charge in [-0.25, -0.2) is 0 Å². The van der Waals surface area contributed by atoms with E-state index >= 15 is 0 Å². The molecule has 0 aliphatic heterocycles. The van der Waals surface area contributed by atoms with Gasteiger partial charge in [-0.3, -0.25) is 33.6 Å². The van der Waals surface area contributed by atoms with Crippen molar-refractivity contribution >= 4 is 41.2 Å². The SMILES string of the molecule is CCC(=O)N[C@@H](CC(C)C)C(=O)NCCOC.CCCC(=O)CNC(=O)[C@H](CC(C)C)NC(=O)CC.CCNC(=O)[C@H](CC(C)C)NC(=O)CC. The summed E-state index contributed by atoms with van der Waals surface area (Å²) in [6.45, 7) is 22.7. The van der Waals surface area contributed by atoms with Gasteiger partial charge in [0.05, 0.1) is 13.2 Å². The lowest BCUT2D eigenvalue weighted by atomic mass is 10.0. The molecule has 0 spiro atoms. The fraction of sp³-hybridized carbons (Fsp3) is 0.811. The fourth-order valence-electron chi connectivity index (χ4n) is 4.37. The monoisotopic (exact) mass is 729 g/mol. The Morgan fingerprint density at radius 2 is 0.882 bits per heavy atom. The summed E-state index contributed by atoms with van der Waals surface area (Å²) in [7, 11) is 1.58. The molecule has 0 aromatic heterocycles. The number of nitrogens with one attached hydrogen (secondary N) is 6. The summed E-state index contributed by atoms with van der Waals surface area (Å²) in [5.41, 5.74) is 0. The van der Waals surface area contributed by atoms with Crippen LogP contribution in [0.3, 0.4) is 0 Å². The van der Waals surface area contributed by atoms with Gasteiger partial charge in [-0.2, -0.15) is 0 Å².